The van der Waals surface area contributed by atoms with Crippen LogP contribution in [0.4, 0.5) is 4.79 Å². The van der Waals surface area contributed by atoms with Crippen LogP contribution in [0.2, 0.25) is 0 Å². The van der Waals surface area contributed by atoms with Crippen LogP contribution >= 0.6 is 0 Å². The number of hydrogen-bond acceptors (Lipinski definition) is 4. The molecule has 2 unspecified atom stereocenters. The number of pyridine rings is 1. The lowest BCUT2D eigenvalue weighted by Gasteiger charge is -2.31. The van der Waals surface area contributed by atoms with Gasteiger partial charge in [-0.3, -0.25) is 9.78 Å². The van der Waals surface area contributed by atoms with Crippen LogP contribution in [0.3, 0.4) is 0 Å². The molecular formula is C23H25N3O4. The summed E-state index contributed by atoms with van der Waals surface area (Å²) < 4.78 is 0. The van der Waals surface area contributed by atoms with E-state index in [1.807, 2.05) is 54.6 Å². The number of aliphatic hydroxyl groups is 1. The van der Waals surface area contributed by atoms with Crippen LogP contribution in [-0.2, 0) is 17.6 Å². The fourth-order valence-corrected chi connectivity index (χ4v) is 3.51. The van der Waals surface area contributed by atoms with Crippen LogP contribution in [0.25, 0.3) is 10.9 Å². The van der Waals surface area contributed by atoms with Crippen molar-refractivity contribution in [3.05, 3.63) is 78.0 Å². The van der Waals surface area contributed by atoms with Crippen LogP contribution in [0.1, 0.15) is 18.1 Å². The van der Waals surface area contributed by atoms with Crippen LogP contribution in [0, 0.1) is 0 Å². The summed E-state index contributed by atoms with van der Waals surface area (Å²) in [6.07, 6.45) is 0.916. The molecule has 0 radical (unpaired) electrons. The Morgan fingerprint density at radius 3 is 2.47 bits per heavy atom. The normalized spacial score (nSPS) is 13.9. The van der Waals surface area contributed by atoms with Gasteiger partial charge in [-0.2, -0.15) is 0 Å². The molecule has 1 heterocycles. The van der Waals surface area contributed by atoms with Gasteiger partial charge >= 0.3 is 6.09 Å². The molecule has 2 atom stereocenters. The largest absolute Gasteiger partial charge is 0.465 e. The molecule has 2 amide bonds. The molecule has 0 saturated carbocycles. The van der Waals surface area contributed by atoms with Gasteiger partial charge in [-0.1, -0.05) is 48.5 Å². The summed E-state index contributed by atoms with van der Waals surface area (Å²) >= 11 is 0. The van der Waals surface area contributed by atoms with Crippen molar-refractivity contribution in [2.45, 2.75) is 31.3 Å². The molecule has 0 saturated heterocycles. The molecule has 0 aliphatic heterocycles. The van der Waals surface area contributed by atoms with Gasteiger partial charge in [0.15, 0.2) is 0 Å². The van der Waals surface area contributed by atoms with E-state index in [1.54, 1.807) is 19.2 Å². The summed E-state index contributed by atoms with van der Waals surface area (Å²) in [5.74, 6) is -0.499. The molecule has 3 aromatic rings. The van der Waals surface area contributed by atoms with Crippen LogP contribution in [0.15, 0.2) is 66.9 Å². The predicted molar refractivity (Wildman–Crippen MR) is 114 cm³/mol. The number of benzene rings is 2. The quantitative estimate of drug-likeness (QED) is 0.459. The molecule has 7 nitrogen and oxygen atoms in total. The van der Waals surface area contributed by atoms with Gasteiger partial charge in [0, 0.05) is 18.0 Å². The lowest BCUT2D eigenvalue weighted by Crippen LogP contribution is -2.60. The summed E-state index contributed by atoms with van der Waals surface area (Å²) in [5.41, 5.74) is 1.10. The van der Waals surface area contributed by atoms with Crippen molar-refractivity contribution in [1.29, 1.82) is 0 Å². The van der Waals surface area contributed by atoms with Gasteiger partial charge in [0.05, 0.1) is 18.2 Å². The van der Waals surface area contributed by atoms with E-state index in [0.717, 1.165) is 22.0 Å². The second kappa shape index (κ2) is 9.37. The number of carbonyl (C=O) groups is 2. The first-order chi connectivity index (χ1) is 14.4. The van der Waals surface area contributed by atoms with Gasteiger partial charge in [-0.25, -0.2) is 4.79 Å². The van der Waals surface area contributed by atoms with E-state index in [9.17, 15) is 19.8 Å². The maximum absolute atomic E-state index is 13.1. The molecule has 0 aliphatic carbocycles. The molecule has 1 aromatic heterocycles. The van der Waals surface area contributed by atoms with E-state index in [0.29, 0.717) is 6.42 Å². The van der Waals surface area contributed by atoms with Gasteiger partial charge in [-0.15, -0.1) is 0 Å². The summed E-state index contributed by atoms with van der Waals surface area (Å²) in [4.78, 5) is 28.9. The topological polar surface area (TPSA) is 112 Å². The van der Waals surface area contributed by atoms with Gasteiger partial charge in [0.25, 0.3) is 0 Å². The number of rotatable bonds is 8. The lowest BCUT2D eigenvalue weighted by molar-refractivity contribution is -0.127. The second-order valence-corrected chi connectivity index (χ2v) is 7.47. The first-order valence-corrected chi connectivity index (χ1v) is 9.71. The number of aliphatic hydroxyl groups excluding tert-OH is 1. The molecule has 0 spiro atoms. The van der Waals surface area contributed by atoms with Crippen LogP contribution < -0.4 is 10.6 Å². The average Bonchev–Trinajstić information content (AvgIpc) is 2.73. The molecule has 0 fully saturated rings. The minimum Gasteiger partial charge on any atom is -0.465 e. The van der Waals surface area contributed by atoms with Crippen molar-refractivity contribution in [2.75, 3.05) is 6.61 Å². The van der Waals surface area contributed by atoms with Crippen molar-refractivity contribution >= 4 is 22.9 Å². The molecule has 30 heavy (non-hydrogen) atoms. The lowest BCUT2D eigenvalue weighted by atomic mass is 9.89. The van der Waals surface area contributed by atoms with Crippen molar-refractivity contribution < 1.29 is 19.8 Å². The van der Waals surface area contributed by atoms with Gasteiger partial charge < -0.3 is 20.8 Å². The molecule has 0 aliphatic rings. The third kappa shape index (κ3) is 5.12. The van der Waals surface area contributed by atoms with E-state index in [-0.39, 0.29) is 13.0 Å². The molecule has 2 aromatic carbocycles. The second-order valence-electron chi connectivity index (χ2n) is 7.47. The highest BCUT2D eigenvalue weighted by Crippen LogP contribution is 2.22. The molecule has 4 N–H and O–H groups in total. The first kappa shape index (κ1) is 21.3. The van der Waals surface area contributed by atoms with E-state index in [4.69, 9.17) is 0 Å². The predicted octanol–water partition coefficient (Wildman–Crippen LogP) is 2.52. The Kier molecular flexibility index (Phi) is 6.64. The third-order valence-corrected chi connectivity index (χ3v) is 5.05. The Labute approximate surface area is 174 Å². The summed E-state index contributed by atoms with van der Waals surface area (Å²) in [6, 6.07) is 18.2. The Morgan fingerprint density at radius 2 is 1.77 bits per heavy atom. The first-order valence-electron chi connectivity index (χ1n) is 9.71. The maximum atomic E-state index is 13.1. The Bertz CT molecular complexity index is 1020. The number of para-hydroxylation sites is 1. The maximum Gasteiger partial charge on any atom is 0.405 e. The monoisotopic (exact) mass is 407 g/mol. The number of hydrogen-bond donors (Lipinski definition) is 4. The number of fused-ring (bicyclic) bond motifs is 1. The van der Waals surface area contributed by atoms with E-state index < -0.39 is 23.6 Å². The molecule has 3 rings (SSSR count). The molecule has 7 heteroatoms. The number of amides is 2. The summed E-state index contributed by atoms with van der Waals surface area (Å²) in [5, 5.41) is 25.1. The zero-order valence-electron chi connectivity index (χ0n) is 16.7. The fraction of sp³-hybridized carbons (Fsp3) is 0.261. The Balaban J connectivity index is 1.84. The number of nitrogens with zero attached hydrogens (tertiary/aromatic N) is 1. The van der Waals surface area contributed by atoms with E-state index in [1.165, 1.54) is 0 Å². The summed E-state index contributed by atoms with van der Waals surface area (Å²) in [7, 11) is 0. The molecule has 0 bridgehead atoms. The van der Waals surface area contributed by atoms with Gasteiger partial charge in [-0.05, 0) is 36.6 Å². The third-order valence-electron chi connectivity index (χ3n) is 5.05. The van der Waals surface area contributed by atoms with Crippen molar-refractivity contribution in [3.8, 4) is 0 Å². The highest BCUT2D eigenvalue weighted by atomic mass is 16.4. The fourth-order valence-electron chi connectivity index (χ4n) is 3.51. The molecular weight excluding hydrogens is 382 g/mol. The minimum atomic E-state index is -1.43. The van der Waals surface area contributed by atoms with E-state index >= 15 is 0 Å². The van der Waals surface area contributed by atoms with Crippen molar-refractivity contribution in [3.63, 3.8) is 0 Å². The smallest absolute Gasteiger partial charge is 0.405 e. The van der Waals surface area contributed by atoms with Crippen molar-refractivity contribution in [1.82, 2.24) is 15.6 Å². The zero-order chi connectivity index (χ0) is 21.6. The van der Waals surface area contributed by atoms with Crippen LogP contribution in [-0.4, -0.2) is 45.4 Å². The number of carbonyl (C=O) groups excluding carboxylic acids is 1. The zero-order valence-corrected chi connectivity index (χ0v) is 16.7. The SMILES string of the molecule is CC(Cc1ccnc2ccccc12)(NC(=O)O)C(=O)NC(CO)Cc1ccccc1. The van der Waals surface area contributed by atoms with Gasteiger partial charge in [0.2, 0.25) is 5.91 Å². The summed E-state index contributed by atoms with van der Waals surface area (Å²) in [6.45, 7) is 1.28. The Morgan fingerprint density at radius 1 is 1.07 bits per heavy atom. The standard InChI is InChI=1S/C23H25N3O4/c1-23(26-22(29)30,14-17-11-12-24-20-10-6-5-9-19(17)20)21(28)25-18(15-27)13-16-7-3-2-4-8-16/h2-12,18,26-27H,13-15H2,1H3,(H,25,28)(H,29,30). The number of nitrogens with one attached hydrogen (secondary N) is 2. The number of aromatic nitrogens is 1. The van der Waals surface area contributed by atoms with Gasteiger partial charge in [0.1, 0.15) is 5.54 Å². The highest BCUT2D eigenvalue weighted by molar-refractivity contribution is 5.91. The Hall–Kier alpha value is -3.45. The van der Waals surface area contributed by atoms with E-state index in [2.05, 4.69) is 15.6 Å². The van der Waals surface area contributed by atoms with Crippen molar-refractivity contribution in [2.24, 2.45) is 0 Å². The molecule has 156 valence electrons. The number of carboxylic acid groups (broad SMARTS) is 1. The average molecular weight is 407 g/mol. The minimum absolute atomic E-state index is 0.137. The van der Waals surface area contributed by atoms with Crippen LogP contribution in [0.5, 0.6) is 0 Å². The highest BCUT2D eigenvalue weighted by Gasteiger charge is 2.36.